The SMILES string of the molecule is c1ccc(-c2cc(-c3ccccc3)c3oc4cccc(-c5nc(-c6ccccc6)nc(-c6cccc(-n7c8ccccc8c8ccccc87)c6)n5)c4c3c2)cc1. The van der Waals surface area contributed by atoms with Crippen LogP contribution in [0.25, 0.3) is 106 Å². The highest BCUT2D eigenvalue weighted by Gasteiger charge is 2.21. The molecule has 0 saturated heterocycles. The van der Waals surface area contributed by atoms with Gasteiger partial charge in [0.2, 0.25) is 0 Å². The Morgan fingerprint density at radius 2 is 0.911 bits per heavy atom. The first-order chi connectivity index (χ1) is 27.8. The van der Waals surface area contributed by atoms with Crippen LogP contribution >= 0.6 is 0 Å². The molecule has 0 amide bonds. The molecule has 11 rings (SSSR count). The molecule has 0 fully saturated rings. The Balaban J connectivity index is 1.15. The predicted octanol–water partition coefficient (Wildman–Crippen LogP) is 13.2. The topological polar surface area (TPSA) is 56.7 Å². The summed E-state index contributed by atoms with van der Waals surface area (Å²) in [5.74, 6) is 1.78. The summed E-state index contributed by atoms with van der Waals surface area (Å²) in [5, 5.41) is 4.40. The van der Waals surface area contributed by atoms with Crippen molar-refractivity contribution < 1.29 is 4.42 Å². The van der Waals surface area contributed by atoms with E-state index in [-0.39, 0.29) is 0 Å². The van der Waals surface area contributed by atoms with Crippen LogP contribution in [-0.4, -0.2) is 19.5 Å². The van der Waals surface area contributed by atoms with E-state index in [0.717, 1.165) is 77.6 Å². The molecule has 0 aliphatic carbocycles. The van der Waals surface area contributed by atoms with Crippen LogP contribution in [0.3, 0.4) is 0 Å². The minimum absolute atomic E-state index is 0.579. The third-order valence-corrected chi connectivity index (χ3v) is 10.6. The maximum atomic E-state index is 6.77. The normalized spacial score (nSPS) is 11.6. The van der Waals surface area contributed by atoms with Gasteiger partial charge in [-0.1, -0.05) is 152 Å². The van der Waals surface area contributed by atoms with Crippen LogP contribution in [0.2, 0.25) is 0 Å². The molecule has 262 valence electrons. The molecule has 0 radical (unpaired) electrons. The molecule has 8 aromatic carbocycles. The molecule has 0 bridgehead atoms. The van der Waals surface area contributed by atoms with Gasteiger partial charge in [0, 0.05) is 49.5 Å². The first kappa shape index (κ1) is 31.9. The van der Waals surface area contributed by atoms with Gasteiger partial charge in [-0.2, -0.15) is 0 Å². The van der Waals surface area contributed by atoms with Gasteiger partial charge in [-0.15, -0.1) is 0 Å². The Kier molecular flexibility index (Phi) is 7.42. The zero-order valence-electron chi connectivity index (χ0n) is 30.2. The van der Waals surface area contributed by atoms with Gasteiger partial charge in [-0.05, 0) is 59.2 Å². The summed E-state index contributed by atoms with van der Waals surface area (Å²) in [6.45, 7) is 0. The Bertz CT molecular complexity index is 3190. The van der Waals surface area contributed by atoms with Crippen molar-refractivity contribution in [3.63, 3.8) is 0 Å². The standard InChI is InChI=1S/C51H32N4O/c1-4-16-33(17-5-1)37-31-42(34-18-6-2-7-19-34)48-43(32-37)47-41(26-15-29-46(47)56-48)51-53-49(35-20-8-3-9-21-35)52-50(54-51)36-22-14-23-38(30-36)55-44-27-12-10-24-39(44)40-25-11-13-28-45(40)55/h1-32H. The highest BCUT2D eigenvalue weighted by molar-refractivity contribution is 6.16. The van der Waals surface area contributed by atoms with E-state index in [0.29, 0.717) is 17.5 Å². The van der Waals surface area contributed by atoms with E-state index >= 15 is 0 Å². The van der Waals surface area contributed by atoms with Crippen molar-refractivity contribution in [3.8, 4) is 62.1 Å². The van der Waals surface area contributed by atoms with Crippen molar-refractivity contribution >= 4 is 43.7 Å². The molecule has 0 aliphatic heterocycles. The van der Waals surface area contributed by atoms with Gasteiger partial charge in [0.25, 0.3) is 0 Å². The highest BCUT2D eigenvalue weighted by atomic mass is 16.3. The molecular weight excluding hydrogens is 685 g/mol. The second kappa shape index (κ2) is 13.0. The zero-order valence-corrected chi connectivity index (χ0v) is 30.2. The van der Waals surface area contributed by atoms with Crippen LogP contribution in [0.15, 0.2) is 199 Å². The second-order valence-corrected chi connectivity index (χ2v) is 14.0. The van der Waals surface area contributed by atoms with E-state index in [4.69, 9.17) is 19.4 Å². The molecule has 56 heavy (non-hydrogen) atoms. The van der Waals surface area contributed by atoms with Crippen molar-refractivity contribution in [2.75, 3.05) is 0 Å². The summed E-state index contributed by atoms with van der Waals surface area (Å²) in [6.07, 6.45) is 0. The van der Waals surface area contributed by atoms with Gasteiger partial charge in [-0.25, -0.2) is 15.0 Å². The number of furan rings is 1. The molecule has 0 unspecified atom stereocenters. The number of benzene rings is 8. The summed E-state index contributed by atoms with van der Waals surface area (Å²) >= 11 is 0. The molecule has 0 spiro atoms. The first-order valence-corrected chi connectivity index (χ1v) is 18.8. The molecule has 3 aromatic heterocycles. The average molecular weight is 717 g/mol. The fourth-order valence-electron chi connectivity index (χ4n) is 8.07. The van der Waals surface area contributed by atoms with Crippen LogP contribution in [0.1, 0.15) is 0 Å². The Morgan fingerprint density at radius 3 is 1.61 bits per heavy atom. The maximum Gasteiger partial charge on any atom is 0.164 e. The van der Waals surface area contributed by atoms with E-state index in [1.807, 2.05) is 54.6 Å². The molecule has 3 heterocycles. The number of fused-ring (bicyclic) bond motifs is 6. The second-order valence-electron chi connectivity index (χ2n) is 14.0. The average Bonchev–Trinajstić information content (AvgIpc) is 3.83. The molecular formula is C51H32N4O. The summed E-state index contributed by atoms with van der Waals surface area (Å²) < 4.78 is 9.09. The maximum absolute atomic E-state index is 6.77. The predicted molar refractivity (Wildman–Crippen MR) is 229 cm³/mol. The summed E-state index contributed by atoms with van der Waals surface area (Å²) in [4.78, 5) is 15.6. The van der Waals surface area contributed by atoms with Crippen molar-refractivity contribution in [3.05, 3.63) is 194 Å². The van der Waals surface area contributed by atoms with Gasteiger partial charge in [-0.3, -0.25) is 0 Å². The van der Waals surface area contributed by atoms with Gasteiger partial charge >= 0.3 is 0 Å². The fraction of sp³-hybridized carbons (Fsp3) is 0. The van der Waals surface area contributed by atoms with E-state index in [1.54, 1.807) is 0 Å². The minimum atomic E-state index is 0.579. The quantitative estimate of drug-likeness (QED) is 0.172. The number of hydrogen-bond acceptors (Lipinski definition) is 4. The number of hydrogen-bond donors (Lipinski definition) is 0. The number of nitrogens with zero attached hydrogens (tertiary/aromatic N) is 4. The van der Waals surface area contributed by atoms with E-state index in [9.17, 15) is 0 Å². The fourth-order valence-corrected chi connectivity index (χ4v) is 8.07. The van der Waals surface area contributed by atoms with Crippen LogP contribution in [0, 0.1) is 0 Å². The summed E-state index contributed by atoms with van der Waals surface area (Å²) in [6, 6.07) is 67.3. The summed E-state index contributed by atoms with van der Waals surface area (Å²) in [7, 11) is 0. The number of rotatable bonds is 6. The largest absolute Gasteiger partial charge is 0.455 e. The van der Waals surface area contributed by atoms with Gasteiger partial charge in [0.05, 0.1) is 11.0 Å². The first-order valence-electron chi connectivity index (χ1n) is 18.8. The lowest BCUT2D eigenvalue weighted by Crippen LogP contribution is -2.01. The lowest BCUT2D eigenvalue weighted by molar-refractivity contribution is 0.670. The van der Waals surface area contributed by atoms with Gasteiger partial charge in [0.15, 0.2) is 17.5 Å². The smallest absolute Gasteiger partial charge is 0.164 e. The van der Waals surface area contributed by atoms with Crippen molar-refractivity contribution in [2.24, 2.45) is 0 Å². The highest BCUT2D eigenvalue weighted by Crippen LogP contribution is 2.43. The van der Waals surface area contributed by atoms with Crippen LogP contribution in [0.5, 0.6) is 0 Å². The van der Waals surface area contributed by atoms with E-state index in [2.05, 4.69) is 144 Å². The summed E-state index contributed by atoms with van der Waals surface area (Å²) in [5.41, 5.74) is 12.0. The van der Waals surface area contributed by atoms with Crippen LogP contribution < -0.4 is 0 Å². The lowest BCUT2D eigenvalue weighted by atomic mass is 9.95. The van der Waals surface area contributed by atoms with Crippen molar-refractivity contribution in [1.29, 1.82) is 0 Å². The minimum Gasteiger partial charge on any atom is -0.455 e. The number of aromatic nitrogens is 4. The molecule has 5 nitrogen and oxygen atoms in total. The molecule has 0 atom stereocenters. The molecule has 0 aliphatic rings. The van der Waals surface area contributed by atoms with E-state index in [1.165, 1.54) is 10.8 Å². The molecule has 0 N–H and O–H groups in total. The van der Waals surface area contributed by atoms with Crippen LogP contribution in [0.4, 0.5) is 0 Å². The van der Waals surface area contributed by atoms with Gasteiger partial charge < -0.3 is 8.98 Å². The molecule has 5 heteroatoms. The van der Waals surface area contributed by atoms with E-state index < -0.39 is 0 Å². The molecule has 0 saturated carbocycles. The Labute approximate surface area is 322 Å². The third-order valence-electron chi connectivity index (χ3n) is 10.6. The Morgan fingerprint density at radius 1 is 0.357 bits per heavy atom. The number of para-hydroxylation sites is 2. The lowest BCUT2D eigenvalue weighted by Gasteiger charge is -2.12. The Hall–Kier alpha value is -7.63. The molecule has 11 aromatic rings. The third kappa shape index (κ3) is 5.29. The monoisotopic (exact) mass is 716 g/mol. The van der Waals surface area contributed by atoms with Gasteiger partial charge in [0.1, 0.15) is 11.2 Å². The van der Waals surface area contributed by atoms with Crippen molar-refractivity contribution in [2.45, 2.75) is 0 Å². The van der Waals surface area contributed by atoms with Crippen molar-refractivity contribution in [1.82, 2.24) is 19.5 Å². The zero-order chi connectivity index (χ0) is 37.0. The van der Waals surface area contributed by atoms with Crippen LogP contribution in [-0.2, 0) is 0 Å².